The zero-order chi connectivity index (χ0) is 13.1. The minimum absolute atomic E-state index is 0.258. The zero-order valence-corrected chi connectivity index (χ0v) is 10.7. The lowest BCUT2D eigenvalue weighted by molar-refractivity contribution is 0.302. The van der Waals surface area contributed by atoms with Crippen LogP contribution in [0.15, 0.2) is 36.4 Å². The highest BCUT2D eigenvalue weighted by atomic mass is 35.5. The SMILES string of the molecule is Cc1ccc(F)cc1OCc1cc(N)ccc1Cl. The number of anilines is 1. The van der Waals surface area contributed by atoms with Crippen LogP contribution in [0.4, 0.5) is 10.1 Å². The fraction of sp³-hybridized carbons (Fsp3) is 0.143. The van der Waals surface area contributed by atoms with Crippen molar-refractivity contribution in [2.75, 3.05) is 5.73 Å². The van der Waals surface area contributed by atoms with Crippen molar-refractivity contribution in [2.45, 2.75) is 13.5 Å². The average molecular weight is 266 g/mol. The first kappa shape index (κ1) is 12.7. The molecule has 0 aliphatic rings. The first-order chi connectivity index (χ1) is 8.56. The van der Waals surface area contributed by atoms with Crippen molar-refractivity contribution in [2.24, 2.45) is 0 Å². The number of aryl methyl sites for hydroxylation is 1. The normalized spacial score (nSPS) is 10.4. The third-order valence-corrected chi connectivity index (χ3v) is 2.97. The maximum absolute atomic E-state index is 13.1. The van der Waals surface area contributed by atoms with Crippen molar-refractivity contribution < 1.29 is 9.13 Å². The fourth-order valence-corrected chi connectivity index (χ4v) is 1.76. The van der Waals surface area contributed by atoms with Crippen LogP contribution < -0.4 is 10.5 Å². The maximum atomic E-state index is 13.1. The third-order valence-electron chi connectivity index (χ3n) is 2.60. The van der Waals surface area contributed by atoms with E-state index in [1.54, 1.807) is 24.3 Å². The van der Waals surface area contributed by atoms with Gasteiger partial charge in [-0.2, -0.15) is 0 Å². The summed E-state index contributed by atoms with van der Waals surface area (Å²) in [5.74, 6) is 0.183. The molecule has 0 aliphatic carbocycles. The topological polar surface area (TPSA) is 35.2 Å². The summed E-state index contributed by atoms with van der Waals surface area (Å²) in [5.41, 5.74) is 7.95. The van der Waals surface area contributed by atoms with Crippen molar-refractivity contribution in [3.05, 3.63) is 58.4 Å². The Morgan fingerprint density at radius 1 is 1.22 bits per heavy atom. The zero-order valence-electron chi connectivity index (χ0n) is 9.91. The van der Waals surface area contributed by atoms with Crippen LogP contribution in [0.1, 0.15) is 11.1 Å². The lowest BCUT2D eigenvalue weighted by Gasteiger charge is -2.10. The fourth-order valence-electron chi connectivity index (χ4n) is 1.59. The van der Waals surface area contributed by atoms with E-state index >= 15 is 0 Å². The van der Waals surface area contributed by atoms with Gasteiger partial charge in [0.1, 0.15) is 18.2 Å². The standard InChI is InChI=1S/C14H13ClFNO/c1-9-2-3-11(16)7-14(9)18-8-10-6-12(17)4-5-13(10)15/h2-7H,8,17H2,1H3. The second kappa shape index (κ2) is 5.27. The molecule has 0 radical (unpaired) electrons. The molecule has 0 bridgehead atoms. The molecule has 0 saturated heterocycles. The van der Waals surface area contributed by atoms with Crippen LogP contribution in [-0.2, 0) is 6.61 Å². The van der Waals surface area contributed by atoms with Crippen LogP contribution >= 0.6 is 11.6 Å². The van der Waals surface area contributed by atoms with E-state index in [1.807, 2.05) is 6.92 Å². The first-order valence-electron chi connectivity index (χ1n) is 5.49. The van der Waals surface area contributed by atoms with Crippen LogP contribution in [0, 0.1) is 12.7 Å². The van der Waals surface area contributed by atoms with Gasteiger partial charge in [0, 0.05) is 22.3 Å². The molecule has 94 valence electrons. The molecule has 0 saturated carbocycles. The van der Waals surface area contributed by atoms with Gasteiger partial charge in [-0.25, -0.2) is 4.39 Å². The van der Waals surface area contributed by atoms with Gasteiger partial charge in [0.05, 0.1) is 0 Å². The van der Waals surface area contributed by atoms with Gasteiger partial charge in [0.2, 0.25) is 0 Å². The number of ether oxygens (including phenoxy) is 1. The van der Waals surface area contributed by atoms with Crippen LogP contribution in [0.25, 0.3) is 0 Å². The second-order valence-corrected chi connectivity index (χ2v) is 4.46. The average Bonchev–Trinajstić information content (AvgIpc) is 2.34. The predicted octanol–water partition coefficient (Wildman–Crippen LogP) is 3.95. The lowest BCUT2D eigenvalue weighted by Crippen LogP contribution is -1.99. The minimum atomic E-state index is -0.325. The molecule has 0 heterocycles. The van der Waals surface area contributed by atoms with E-state index in [4.69, 9.17) is 22.1 Å². The van der Waals surface area contributed by atoms with Gasteiger partial charge in [0.15, 0.2) is 0 Å². The van der Waals surface area contributed by atoms with Gasteiger partial charge in [-0.15, -0.1) is 0 Å². The van der Waals surface area contributed by atoms with Gasteiger partial charge in [-0.1, -0.05) is 17.7 Å². The van der Waals surface area contributed by atoms with E-state index < -0.39 is 0 Å². The van der Waals surface area contributed by atoms with Gasteiger partial charge >= 0.3 is 0 Å². The maximum Gasteiger partial charge on any atom is 0.126 e. The predicted molar refractivity (Wildman–Crippen MR) is 71.3 cm³/mol. The molecule has 0 fully saturated rings. The highest BCUT2D eigenvalue weighted by Crippen LogP contribution is 2.23. The number of benzene rings is 2. The Balaban J connectivity index is 2.16. The Labute approximate surface area is 110 Å². The molecule has 4 heteroatoms. The number of rotatable bonds is 3. The minimum Gasteiger partial charge on any atom is -0.488 e. The number of nitrogens with two attached hydrogens (primary N) is 1. The summed E-state index contributed by atoms with van der Waals surface area (Å²) in [5, 5.41) is 0.582. The summed E-state index contributed by atoms with van der Waals surface area (Å²) in [4.78, 5) is 0. The third kappa shape index (κ3) is 2.93. The summed E-state index contributed by atoms with van der Waals surface area (Å²) in [6, 6.07) is 9.61. The summed E-state index contributed by atoms with van der Waals surface area (Å²) >= 11 is 6.02. The van der Waals surface area contributed by atoms with E-state index in [1.165, 1.54) is 12.1 Å². The number of nitrogen functional groups attached to an aromatic ring is 1. The van der Waals surface area contributed by atoms with E-state index in [9.17, 15) is 4.39 Å². The molecule has 2 aromatic carbocycles. The van der Waals surface area contributed by atoms with Crippen LogP contribution in [0.2, 0.25) is 5.02 Å². The van der Waals surface area contributed by atoms with Crippen molar-refractivity contribution in [3.8, 4) is 5.75 Å². The Morgan fingerprint density at radius 2 is 2.00 bits per heavy atom. The summed E-state index contributed by atoms with van der Waals surface area (Å²) < 4.78 is 18.6. The Kier molecular flexibility index (Phi) is 3.72. The molecule has 2 N–H and O–H groups in total. The van der Waals surface area contributed by atoms with Gasteiger partial charge in [0.25, 0.3) is 0 Å². The lowest BCUT2D eigenvalue weighted by atomic mass is 10.2. The highest BCUT2D eigenvalue weighted by Gasteiger charge is 2.05. The van der Waals surface area contributed by atoms with E-state index in [0.717, 1.165) is 11.1 Å². The monoisotopic (exact) mass is 265 g/mol. The van der Waals surface area contributed by atoms with Crippen LogP contribution in [-0.4, -0.2) is 0 Å². The molecule has 0 unspecified atom stereocenters. The van der Waals surface area contributed by atoms with Gasteiger partial charge in [-0.05, 0) is 36.8 Å². The number of hydrogen-bond acceptors (Lipinski definition) is 2. The van der Waals surface area contributed by atoms with Crippen molar-refractivity contribution in [3.63, 3.8) is 0 Å². The van der Waals surface area contributed by atoms with Gasteiger partial charge < -0.3 is 10.5 Å². The molecule has 2 nitrogen and oxygen atoms in total. The first-order valence-corrected chi connectivity index (χ1v) is 5.87. The smallest absolute Gasteiger partial charge is 0.126 e. The quantitative estimate of drug-likeness (QED) is 0.853. The van der Waals surface area contributed by atoms with E-state index in [2.05, 4.69) is 0 Å². The summed E-state index contributed by atoms with van der Waals surface area (Å²) in [7, 11) is 0. The molecule has 2 rings (SSSR count). The molecule has 0 spiro atoms. The second-order valence-electron chi connectivity index (χ2n) is 4.05. The molecule has 0 aliphatic heterocycles. The van der Waals surface area contributed by atoms with E-state index in [0.29, 0.717) is 16.5 Å². The number of hydrogen-bond donors (Lipinski definition) is 1. The van der Waals surface area contributed by atoms with Gasteiger partial charge in [-0.3, -0.25) is 0 Å². The van der Waals surface area contributed by atoms with Crippen LogP contribution in [0.5, 0.6) is 5.75 Å². The Hall–Kier alpha value is -1.74. The molecule has 2 aromatic rings. The van der Waals surface area contributed by atoms with Crippen molar-refractivity contribution in [1.82, 2.24) is 0 Å². The molecular formula is C14H13ClFNO. The van der Waals surface area contributed by atoms with Crippen LogP contribution in [0.3, 0.4) is 0 Å². The summed E-state index contributed by atoms with van der Waals surface area (Å²) in [6.45, 7) is 2.11. The summed E-state index contributed by atoms with van der Waals surface area (Å²) in [6.07, 6.45) is 0. The van der Waals surface area contributed by atoms with Crippen molar-refractivity contribution in [1.29, 1.82) is 0 Å². The molecule has 18 heavy (non-hydrogen) atoms. The highest BCUT2D eigenvalue weighted by molar-refractivity contribution is 6.31. The number of halogens is 2. The molecule has 0 amide bonds. The largest absolute Gasteiger partial charge is 0.488 e. The Morgan fingerprint density at radius 3 is 2.78 bits per heavy atom. The van der Waals surface area contributed by atoms with Crippen molar-refractivity contribution >= 4 is 17.3 Å². The molecule has 0 aromatic heterocycles. The Bertz CT molecular complexity index is 520. The van der Waals surface area contributed by atoms with E-state index in [-0.39, 0.29) is 12.4 Å². The molecular weight excluding hydrogens is 253 g/mol. The molecule has 0 atom stereocenters.